The Labute approximate surface area is 267 Å². The lowest BCUT2D eigenvalue weighted by molar-refractivity contribution is -0.140. The predicted molar refractivity (Wildman–Crippen MR) is 150 cm³/mol. The number of allylic oxidation sites excluding steroid dienone is 1. The van der Waals surface area contributed by atoms with Crippen LogP contribution in [0.25, 0.3) is 0 Å². The smallest absolute Gasteiger partial charge is 0.326 e. The highest BCUT2D eigenvalue weighted by atomic mass is 35.5. The topological polar surface area (TPSA) is 87.3 Å². The molecule has 1 saturated carbocycles. The van der Waals surface area contributed by atoms with Gasteiger partial charge in [-0.2, -0.15) is 26.3 Å². The number of nitrogens with one attached hydrogen (secondary N) is 3. The van der Waals surface area contributed by atoms with E-state index >= 15 is 0 Å². The summed E-state index contributed by atoms with van der Waals surface area (Å²) in [5.74, 6) is -10.5. The van der Waals surface area contributed by atoms with E-state index in [2.05, 4.69) is 10.6 Å². The van der Waals surface area contributed by atoms with Gasteiger partial charge in [0.05, 0.1) is 27.8 Å². The minimum absolute atomic E-state index is 0.00846. The van der Waals surface area contributed by atoms with E-state index in [1.165, 1.54) is 6.07 Å². The molecule has 1 fully saturated rings. The summed E-state index contributed by atoms with van der Waals surface area (Å²) in [4.78, 5) is 37.6. The second kappa shape index (κ2) is 12.7. The molecule has 0 aliphatic heterocycles. The first-order chi connectivity index (χ1) is 21.2. The van der Waals surface area contributed by atoms with Gasteiger partial charge in [0.1, 0.15) is 21.7 Å². The molecule has 0 heterocycles. The predicted octanol–water partition coefficient (Wildman–Crippen LogP) is 8.61. The SMILES string of the molecule is O=C(/C=C/C(F)(F)F)Nc1c(F)ccc(NC(=O)c2cc(NC(=O)C3[C@H](c4ccc(F)c(C(F)(F)F)c4)C3(Cl)Cl)ccc2Cl)c1F. The number of hydrogen-bond acceptors (Lipinski definition) is 3. The minimum atomic E-state index is -5.03. The number of alkyl halides is 8. The Kier molecular flexibility index (Phi) is 9.63. The Morgan fingerprint density at radius 2 is 1.48 bits per heavy atom. The van der Waals surface area contributed by atoms with Crippen molar-refractivity contribution in [3.05, 3.63) is 99.8 Å². The van der Waals surface area contributed by atoms with Gasteiger partial charge < -0.3 is 16.0 Å². The lowest BCUT2D eigenvalue weighted by atomic mass is 10.0. The first kappa shape index (κ1) is 34.9. The molecular formula is C28H15Cl3F9N3O3. The van der Waals surface area contributed by atoms with Gasteiger partial charge in [-0.05, 0) is 48.0 Å². The highest BCUT2D eigenvalue weighted by molar-refractivity contribution is 6.53. The van der Waals surface area contributed by atoms with Gasteiger partial charge in [0, 0.05) is 23.8 Å². The minimum Gasteiger partial charge on any atom is -0.326 e. The molecule has 0 bridgehead atoms. The van der Waals surface area contributed by atoms with Crippen molar-refractivity contribution < 1.29 is 53.9 Å². The zero-order valence-electron chi connectivity index (χ0n) is 22.2. The summed E-state index contributed by atoms with van der Waals surface area (Å²) in [7, 11) is 0. The van der Waals surface area contributed by atoms with Crippen molar-refractivity contribution in [3.8, 4) is 0 Å². The Morgan fingerprint density at radius 1 is 0.826 bits per heavy atom. The zero-order chi connectivity index (χ0) is 34.4. The molecule has 0 saturated heterocycles. The quantitative estimate of drug-likeness (QED) is 0.130. The number of hydrogen-bond donors (Lipinski definition) is 3. The number of halogens is 12. The normalized spacial score (nSPS) is 17.5. The summed E-state index contributed by atoms with van der Waals surface area (Å²) >= 11 is 18.4. The summed E-state index contributed by atoms with van der Waals surface area (Å²) in [6.07, 6.45) is -10.4. The van der Waals surface area contributed by atoms with Crippen LogP contribution in [0, 0.1) is 23.4 Å². The Morgan fingerprint density at radius 3 is 2.11 bits per heavy atom. The van der Waals surface area contributed by atoms with Gasteiger partial charge >= 0.3 is 12.4 Å². The number of carbonyl (C=O) groups excluding carboxylic acids is 3. The van der Waals surface area contributed by atoms with Crippen LogP contribution < -0.4 is 16.0 Å². The van der Waals surface area contributed by atoms with Crippen LogP contribution in [0.2, 0.25) is 5.02 Å². The molecule has 1 aliphatic rings. The molecule has 4 rings (SSSR count). The monoisotopic (exact) mass is 717 g/mol. The van der Waals surface area contributed by atoms with Crippen LogP contribution in [0.4, 0.5) is 56.6 Å². The van der Waals surface area contributed by atoms with Crippen LogP contribution in [0.1, 0.15) is 27.4 Å². The molecule has 3 amide bonds. The van der Waals surface area contributed by atoms with Crippen molar-refractivity contribution in [1.82, 2.24) is 0 Å². The maximum atomic E-state index is 14.9. The van der Waals surface area contributed by atoms with Crippen molar-refractivity contribution in [2.24, 2.45) is 5.92 Å². The fourth-order valence-electron chi connectivity index (χ4n) is 4.31. The number of benzene rings is 3. The van der Waals surface area contributed by atoms with Crippen molar-refractivity contribution in [3.63, 3.8) is 0 Å². The van der Waals surface area contributed by atoms with E-state index in [9.17, 15) is 53.9 Å². The maximum absolute atomic E-state index is 14.9. The lowest BCUT2D eigenvalue weighted by Crippen LogP contribution is -2.19. The van der Waals surface area contributed by atoms with Gasteiger partial charge in [0.2, 0.25) is 11.8 Å². The van der Waals surface area contributed by atoms with E-state index in [0.717, 1.165) is 24.3 Å². The standard InChI is InChI=1S/C28H15Cl3F9N3O3/c29-15-3-2-12(41-25(46)21-20(27(21,30)31)11-1-4-16(32)14(9-11)28(38,39)40)10-13(15)24(45)42-18-6-5-17(33)23(22(18)34)43-19(44)7-8-26(35,36)37/h1-10,20-21H,(H,41,46)(H,42,45)(H,43,44)/b8-7+/t20-,21?/m0/s1. The third kappa shape index (κ3) is 7.70. The lowest BCUT2D eigenvalue weighted by Gasteiger charge is -2.13. The molecular weight excluding hydrogens is 704 g/mol. The molecule has 0 aromatic heterocycles. The van der Waals surface area contributed by atoms with Gasteiger partial charge in [-0.25, -0.2) is 13.2 Å². The average molecular weight is 719 g/mol. The third-order valence-electron chi connectivity index (χ3n) is 6.48. The van der Waals surface area contributed by atoms with Gasteiger partial charge in [-0.3, -0.25) is 14.4 Å². The van der Waals surface area contributed by atoms with Gasteiger partial charge in [0.15, 0.2) is 5.82 Å². The molecule has 18 heteroatoms. The van der Waals surface area contributed by atoms with Crippen molar-refractivity contribution in [1.29, 1.82) is 0 Å². The number of rotatable bonds is 7. The van der Waals surface area contributed by atoms with Crippen LogP contribution in [0.3, 0.4) is 0 Å². The number of carbonyl (C=O) groups is 3. The zero-order valence-corrected chi connectivity index (χ0v) is 24.5. The third-order valence-corrected chi connectivity index (χ3v) is 7.75. The van der Waals surface area contributed by atoms with Gasteiger partial charge in [0.25, 0.3) is 5.91 Å². The molecule has 3 aromatic carbocycles. The molecule has 0 spiro atoms. The second-order valence-corrected chi connectivity index (χ2v) is 11.5. The summed E-state index contributed by atoms with van der Waals surface area (Å²) in [5.41, 5.74) is -4.13. The largest absolute Gasteiger partial charge is 0.419 e. The molecule has 3 N–H and O–H groups in total. The first-order valence-electron chi connectivity index (χ1n) is 12.4. The summed E-state index contributed by atoms with van der Waals surface area (Å²) < 4.78 is 117. The van der Waals surface area contributed by atoms with E-state index in [1.807, 2.05) is 0 Å². The molecule has 6 nitrogen and oxygen atoms in total. The highest BCUT2D eigenvalue weighted by Crippen LogP contribution is 2.65. The van der Waals surface area contributed by atoms with E-state index in [0.29, 0.717) is 18.2 Å². The van der Waals surface area contributed by atoms with Crippen LogP contribution in [0.5, 0.6) is 0 Å². The summed E-state index contributed by atoms with van der Waals surface area (Å²) in [6.45, 7) is 0. The van der Waals surface area contributed by atoms with E-state index in [-0.39, 0.29) is 27.9 Å². The Bertz CT molecular complexity index is 1760. The molecule has 1 aliphatic carbocycles. The summed E-state index contributed by atoms with van der Waals surface area (Å²) in [6, 6.07) is 6.78. The van der Waals surface area contributed by atoms with Gasteiger partial charge in [-0.1, -0.05) is 17.7 Å². The highest BCUT2D eigenvalue weighted by Gasteiger charge is 2.67. The average Bonchev–Trinajstić information content (AvgIpc) is 3.53. The van der Waals surface area contributed by atoms with E-state index in [4.69, 9.17) is 34.8 Å². The second-order valence-electron chi connectivity index (χ2n) is 9.65. The molecule has 46 heavy (non-hydrogen) atoms. The van der Waals surface area contributed by atoms with Gasteiger partial charge in [-0.15, -0.1) is 23.2 Å². The van der Waals surface area contributed by atoms with Crippen LogP contribution in [-0.2, 0) is 15.8 Å². The number of anilines is 3. The van der Waals surface area contributed by atoms with Crippen molar-refractivity contribution in [2.45, 2.75) is 22.6 Å². The fourth-order valence-corrected chi connectivity index (χ4v) is 5.34. The van der Waals surface area contributed by atoms with Crippen LogP contribution in [0.15, 0.2) is 60.7 Å². The van der Waals surface area contributed by atoms with Crippen LogP contribution in [-0.4, -0.2) is 28.2 Å². The van der Waals surface area contributed by atoms with E-state index < -0.39 is 86.7 Å². The summed E-state index contributed by atoms with van der Waals surface area (Å²) in [5, 5.41) is 5.79. The first-order valence-corrected chi connectivity index (χ1v) is 13.5. The maximum Gasteiger partial charge on any atom is 0.419 e. The van der Waals surface area contributed by atoms with E-state index in [1.54, 1.807) is 5.32 Å². The molecule has 0 radical (unpaired) electrons. The molecule has 1 unspecified atom stereocenters. The number of amides is 3. The Hall–Kier alpha value is -3.95. The molecule has 3 aromatic rings. The van der Waals surface area contributed by atoms with Crippen molar-refractivity contribution >= 4 is 69.6 Å². The fraction of sp³-hybridized carbons (Fsp3) is 0.179. The Balaban J connectivity index is 1.51. The molecule has 244 valence electrons. The molecule has 2 atom stereocenters. The van der Waals surface area contributed by atoms with Crippen LogP contribution >= 0.6 is 34.8 Å². The van der Waals surface area contributed by atoms with Crippen molar-refractivity contribution in [2.75, 3.05) is 16.0 Å².